The van der Waals surface area contributed by atoms with Crippen molar-refractivity contribution in [2.45, 2.75) is 11.4 Å². The number of benzene rings is 2. The quantitative estimate of drug-likeness (QED) is 0.806. The molecule has 0 spiro atoms. The maximum Gasteiger partial charge on any atom is 0.230 e. The van der Waals surface area contributed by atoms with Gasteiger partial charge in [-0.15, -0.1) is 11.8 Å². The average molecular weight is 303 g/mol. The lowest BCUT2D eigenvalue weighted by Gasteiger charge is -2.09. The maximum absolute atomic E-state index is 11.8. The molecule has 2 rings (SSSR count). The molecule has 0 saturated heterocycles. The van der Waals surface area contributed by atoms with Crippen LogP contribution in [0.4, 0.5) is 0 Å². The number of ether oxygens (including phenoxy) is 1. The standard InChI is InChI=1S/C16H17NO3S/c1-20-14-8-4-2-6-12(14)10-17-16(19)11-21-15-9-5-3-7-13(15)18/h2-9,18H,10-11H2,1H3,(H,17,19). The summed E-state index contributed by atoms with van der Waals surface area (Å²) in [6, 6.07) is 14.5. The second-order valence-corrected chi connectivity index (χ2v) is 5.36. The van der Waals surface area contributed by atoms with Crippen LogP contribution in [0.3, 0.4) is 0 Å². The van der Waals surface area contributed by atoms with Gasteiger partial charge >= 0.3 is 0 Å². The molecule has 5 heteroatoms. The topological polar surface area (TPSA) is 58.6 Å². The van der Waals surface area contributed by atoms with Crippen molar-refractivity contribution in [3.63, 3.8) is 0 Å². The number of carbonyl (C=O) groups excluding carboxylic acids is 1. The number of phenols is 1. The molecule has 0 aromatic heterocycles. The summed E-state index contributed by atoms with van der Waals surface area (Å²) in [7, 11) is 1.61. The molecule has 0 atom stereocenters. The highest BCUT2D eigenvalue weighted by molar-refractivity contribution is 8.00. The Morgan fingerprint density at radius 2 is 1.90 bits per heavy atom. The number of hydrogen-bond donors (Lipinski definition) is 2. The molecule has 0 fully saturated rings. The molecule has 21 heavy (non-hydrogen) atoms. The minimum Gasteiger partial charge on any atom is -0.507 e. The lowest BCUT2D eigenvalue weighted by molar-refractivity contribution is -0.118. The van der Waals surface area contributed by atoms with Gasteiger partial charge in [0.25, 0.3) is 0 Å². The van der Waals surface area contributed by atoms with Gasteiger partial charge in [0.15, 0.2) is 0 Å². The van der Waals surface area contributed by atoms with E-state index >= 15 is 0 Å². The third kappa shape index (κ3) is 4.43. The third-order valence-electron chi connectivity index (χ3n) is 2.89. The zero-order valence-corrected chi connectivity index (χ0v) is 12.5. The van der Waals surface area contributed by atoms with Crippen LogP contribution in [-0.4, -0.2) is 23.9 Å². The molecule has 0 aliphatic heterocycles. The Kier molecular flexibility index (Phi) is 5.51. The summed E-state index contributed by atoms with van der Waals surface area (Å²) < 4.78 is 5.23. The summed E-state index contributed by atoms with van der Waals surface area (Å²) in [6.45, 7) is 0.421. The van der Waals surface area contributed by atoms with Crippen molar-refractivity contribution >= 4 is 17.7 Å². The molecule has 2 aromatic rings. The Labute approximate surface area is 128 Å². The first kappa shape index (κ1) is 15.3. The lowest BCUT2D eigenvalue weighted by Crippen LogP contribution is -2.24. The second kappa shape index (κ2) is 7.59. The van der Waals surface area contributed by atoms with Crippen molar-refractivity contribution in [1.82, 2.24) is 5.32 Å². The van der Waals surface area contributed by atoms with Gasteiger partial charge in [0.05, 0.1) is 12.9 Å². The number of methoxy groups -OCH3 is 1. The number of hydrogen-bond acceptors (Lipinski definition) is 4. The van der Waals surface area contributed by atoms with Gasteiger partial charge in [0, 0.05) is 17.0 Å². The van der Waals surface area contributed by atoms with Gasteiger partial charge in [0.2, 0.25) is 5.91 Å². The van der Waals surface area contributed by atoms with Crippen molar-refractivity contribution in [3.8, 4) is 11.5 Å². The van der Waals surface area contributed by atoms with E-state index in [4.69, 9.17) is 4.74 Å². The van der Waals surface area contributed by atoms with E-state index in [-0.39, 0.29) is 17.4 Å². The first-order chi connectivity index (χ1) is 10.2. The number of para-hydroxylation sites is 2. The van der Waals surface area contributed by atoms with Gasteiger partial charge in [0.1, 0.15) is 11.5 Å². The van der Waals surface area contributed by atoms with E-state index in [2.05, 4.69) is 5.32 Å². The molecular formula is C16H17NO3S. The van der Waals surface area contributed by atoms with Gasteiger partial charge in [-0.05, 0) is 18.2 Å². The fourth-order valence-corrected chi connectivity index (χ4v) is 2.60. The minimum atomic E-state index is -0.0887. The number of nitrogens with one attached hydrogen (secondary N) is 1. The normalized spacial score (nSPS) is 10.1. The smallest absolute Gasteiger partial charge is 0.230 e. The first-order valence-electron chi connectivity index (χ1n) is 6.50. The molecule has 110 valence electrons. The van der Waals surface area contributed by atoms with E-state index < -0.39 is 0 Å². The lowest BCUT2D eigenvalue weighted by atomic mass is 10.2. The monoisotopic (exact) mass is 303 g/mol. The van der Waals surface area contributed by atoms with Crippen molar-refractivity contribution < 1.29 is 14.6 Å². The van der Waals surface area contributed by atoms with Gasteiger partial charge in [-0.3, -0.25) is 4.79 Å². The summed E-state index contributed by atoms with van der Waals surface area (Å²) in [5.74, 6) is 1.12. The van der Waals surface area contributed by atoms with Gasteiger partial charge in [-0.25, -0.2) is 0 Å². The summed E-state index contributed by atoms with van der Waals surface area (Å²) in [5.41, 5.74) is 0.931. The summed E-state index contributed by atoms with van der Waals surface area (Å²) in [5, 5.41) is 12.5. The van der Waals surface area contributed by atoms with Crippen LogP contribution < -0.4 is 10.1 Å². The highest BCUT2D eigenvalue weighted by Gasteiger charge is 2.07. The molecule has 0 saturated carbocycles. The second-order valence-electron chi connectivity index (χ2n) is 4.34. The minimum absolute atomic E-state index is 0.0887. The van der Waals surface area contributed by atoms with Crippen molar-refractivity contribution in [2.75, 3.05) is 12.9 Å². The number of rotatable bonds is 6. The molecule has 2 aromatic carbocycles. The zero-order chi connectivity index (χ0) is 15.1. The Balaban J connectivity index is 1.84. The Bertz CT molecular complexity index is 616. The fourth-order valence-electron chi connectivity index (χ4n) is 1.82. The number of thioether (sulfide) groups is 1. The van der Waals surface area contributed by atoms with Crippen molar-refractivity contribution in [1.29, 1.82) is 0 Å². The molecule has 0 bridgehead atoms. The summed E-state index contributed by atoms with van der Waals surface area (Å²) in [6.07, 6.45) is 0. The predicted molar refractivity (Wildman–Crippen MR) is 83.7 cm³/mol. The van der Waals surface area contributed by atoms with E-state index in [9.17, 15) is 9.90 Å². The predicted octanol–water partition coefficient (Wildman–Crippen LogP) is 2.81. The summed E-state index contributed by atoms with van der Waals surface area (Å²) in [4.78, 5) is 12.5. The van der Waals surface area contributed by atoms with Crippen LogP contribution in [0.2, 0.25) is 0 Å². The zero-order valence-electron chi connectivity index (χ0n) is 11.7. The van der Waals surface area contributed by atoms with Crippen LogP contribution >= 0.6 is 11.8 Å². The molecule has 0 unspecified atom stereocenters. The van der Waals surface area contributed by atoms with Crippen LogP contribution in [0.25, 0.3) is 0 Å². The van der Waals surface area contributed by atoms with Gasteiger partial charge < -0.3 is 15.2 Å². The maximum atomic E-state index is 11.8. The molecule has 4 nitrogen and oxygen atoms in total. The molecular weight excluding hydrogens is 286 g/mol. The number of phenolic OH excluding ortho intramolecular Hbond substituents is 1. The van der Waals surface area contributed by atoms with E-state index in [0.29, 0.717) is 11.4 Å². The van der Waals surface area contributed by atoms with Crippen LogP contribution in [0.1, 0.15) is 5.56 Å². The van der Waals surface area contributed by atoms with Gasteiger partial charge in [-0.1, -0.05) is 30.3 Å². The molecule has 1 amide bonds. The fraction of sp³-hybridized carbons (Fsp3) is 0.188. The summed E-state index contributed by atoms with van der Waals surface area (Å²) >= 11 is 1.31. The Morgan fingerprint density at radius 1 is 1.19 bits per heavy atom. The Morgan fingerprint density at radius 3 is 2.67 bits per heavy atom. The van der Waals surface area contributed by atoms with Crippen molar-refractivity contribution in [3.05, 3.63) is 54.1 Å². The van der Waals surface area contributed by atoms with Gasteiger partial charge in [-0.2, -0.15) is 0 Å². The van der Waals surface area contributed by atoms with Crippen LogP contribution in [0.15, 0.2) is 53.4 Å². The Hall–Kier alpha value is -2.14. The molecule has 0 aliphatic carbocycles. The van der Waals surface area contributed by atoms with Crippen molar-refractivity contribution in [2.24, 2.45) is 0 Å². The highest BCUT2D eigenvalue weighted by atomic mass is 32.2. The van der Waals surface area contributed by atoms with Crippen LogP contribution in [0, 0.1) is 0 Å². The highest BCUT2D eigenvalue weighted by Crippen LogP contribution is 2.27. The number of amides is 1. The third-order valence-corrected chi connectivity index (χ3v) is 3.96. The van der Waals surface area contributed by atoms with E-state index in [0.717, 1.165) is 11.3 Å². The molecule has 2 N–H and O–H groups in total. The SMILES string of the molecule is COc1ccccc1CNC(=O)CSc1ccccc1O. The largest absolute Gasteiger partial charge is 0.507 e. The van der Waals surface area contributed by atoms with Crippen LogP contribution in [-0.2, 0) is 11.3 Å². The average Bonchev–Trinajstić information content (AvgIpc) is 2.52. The first-order valence-corrected chi connectivity index (χ1v) is 7.48. The van der Waals surface area contributed by atoms with E-state index in [1.165, 1.54) is 11.8 Å². The van der Waals surface area contributed by atoms with E-state index in [1.54, 1.807) is 25.3 Å². The number of carbonyl (C=O) groups is 1. The molecule has 0 radical (unpaired) electrons. The molecule has 0 heterocycles. The number of aromatic hydroxyl groups is 1. The van der Waals surface area contributed by atoms with E-state index in [1.807, 2.05) is 30.3 Å². The van der Waals surface area contributed by atoms with Crippen LogP contribution in [0.5, 0.6) is 11.5 Å². The molecule has 0 aliphatic rings.